The van der Waals surface area contributed by atoms with Crippen LogP contribution in [-0.2, 0) is 11.3 Å². The number of amides is 1. The molecule has 1 saturated heterocycles. The van der Waals surface area contributed by atoms with Gasteiger partial charge < -0.3 is 15.0 Å². The molecule has 1 fully saturated rings. The van der Waals surface area contributed by atoms with Crippen molar-refractivity contribution >= 4 is 35.1 Å². The van der Waals surface area contributed by atoms with Crippen LogP contribution in [0, 0.1) is 0 Å². The molecular weight excluding hydrogens is 351 g/mol. The number of carbonyl (C=O) groups excluding carboxylic acids is 1. The molecule has 0 radical (unpaired) electrons. The van der Waals surface area contributed by atoms with Gasteiger partial charge in [-0.2, -0.15) is 0 Å². The molecule has 0 spiro atoms. The summed E-state index contributed by atoms with van der Waals surface area (Å²) in [5, 5.41) is 4.10. The maximum absolute atomic E-state index is 12.3. The topological polar surface area (TPSA) is 67.4 Å². The zero-order valence-corrected chi connectivity index (χ0v) is 14.3. The Hall–Kier alpha value is -1.89. The maximum atomic E-state index is 12.3. The third-order valence-corrected chi connectivity index (χ3v) is 4.32. The lowest BCUT2D eigenvalue weighted by Gasteiger charge is -2.26. The highest BCUT2D eigenvalue weighted by Crippen LogP contribution is 2.22. The van der Waals surface area contributed by atoms with E-state index in [-0.39, 0.29) is 5.91 Å². The highest BCUT2D eigenvalue weighted by atomic mass is 35.5. The van der Waals surface area contributed by atoms with Crippen LogP contribution in [-0.4, -0.2) is 40.7 Å². The fourth-order valence-electron chi connectivity index (χ4n) is 2.30. The third-order valence-electron chi connectivity index (χ3n) is 3.58. The molecule has 0 unspecified atom stereocenters. The van der Waals surface area contributed by atoms with Crippen molar-refractivity contribution in [2.24, 2.45) is 0 Å². The summed E-state index contributed by atoms with van der Waals surface area (Å²) in [7, 11) is 0. The highest BCUT2D eigenvalue weighted by molar-refractivity contribution is 6.42. The number of carbonyl (C=O) groups is 1. The fraction of sp³-hybridized carbons (Fsp3) is 0.312. The van der Waals surface area contributed by atoms with Crippen molar-refractivity contribution in [1.82, 2.24) is 14.9 Å². The van der Waals surface area contributed by atoms with Crippen LogP contribution in [0.1, 0.15) is 22.3 Å². The van der Waals surface area contributed by atoms with Gasteiger partial charge in [0.15, 0.2) is 0 Å². The number of nitrogens with zero attached hydrogens (tertiary/aromatic N) is 3. The van der Waals surface area contributed by atoms with E-state index in [0.29, 0.717) is 48.0 Å². The standard InChI is InChI=1S/C16H16Cl2N4O2/c17-13-3-2-11(6-14(13)18)7-19-16-20-8-12(9-21-16)15(23)22-4-1-5-24-10-22/h2-3,6,8-9H,1,4-5,7,10H2,(H,19,20,21). The van der Waals surface area contributed by atoms with E-state index in [2.05, 4.69) is 15.3 Å². The molecule has 0 saturated carbocycles. The minimum absolute atomic E-state index is 0.120. The summed E-state index contributed by atoms with van der Waals surface area (Å²) in [6.07, 6.45) is 3.87. The number of rotatable bonds is 4. The number of nitrogens with one attached hydrogen (secondary N) is 1. The normalized spacial score (nSPS) is 14.5. The van der Waals surface area contributed by atoms with Crippen LogP contribution >= 0.6 is 23.2 Å². The molecule has 24 heavy (non-hydrogen) atoms. The lowest BCUT2D eigenvalue weighted by Crippen LogP contribution is -2.38. The van der Waals surface area contributed by atoms with Gasteiger partial charge >= 0.3 is 0 Å². The Morgan fingerprint density at radius 1 is 1.25 bits per heavy atom. The highest BCUT2D eigenvalue weighted by Gasteiger charge is 2.19. The molecule has 0 atom stereocenters. The maximum Gasteiger partial charge on any atom is 0.258 e. The molecule has 1 amide bonds. The number of aromatic nitrogens is 2. The van der Waals surface area contributed by atoms with E-state index in [1.54, 1.807) is 17.0 Å². The Morgan fingerprint density at radius 2 is 2.04 bits per heavy atom. The molecule has 1 N–H and O–H groups in total. The van der Waals surface area contributed by atoms with Crippen molar-refractivity contribution in [3.63, 3.8) is 0 Å². The molecule has 0 bridgehead atoms. The largest absolute Gasteiger partial charge is 0.361 e. The number of ether oxygens (including phenoxy) is 1. The zero-order chi connectivity index (χ0) is 16.9. The Labute approximate surface area is 149 Å². The minimum atomic E-state index is -0.120. The second-order valence-electron chi connectivity index (χ2n) is 5.36. The van der Waals surface area contributed by atoms with Crippen molar-refractivity contribution < 1.29 is 9.53 Å². The number of anilines is 1. The molecule has 1 aromatic heterocycles. The van der Waals surface area contributed by atoms with Crippen LogP contribution in [0.2, 0.25) is 10.0 Å². The molecule has 2 aromatic rings. The molecule has 0 aliphatic carbocycles. The van der Waals surface area contributed by atoms with E-state index in [1.165, 1.54) is 12.4 Å². The van der Waals surface area contributed by atoms with E-state index in [9.17, 15) is 4.79 Å². The van der Waals surface area contributed by atoms with E-state index >= 15 is 0 Å². The second-order valence-corrected chi connectivity index (χ2v) is 6.17. The van der Waals surface area contributed by atoms with Gasteiger partial charge in [-0.25, -0.2) is 9.97 Å². The second kappa shape index (κ2) is 7.79. The van der Waals surface area contributed by atoms with Crippen molar-refractivity contribution in [3.05, 3.63) is 51.8 Å². The molecule has 8 heteroatoms. The van der Waals surface area contributed by atoms with Gasteiger partial charge in [0.2, 0.25) is 5.95 Å². The van der Waals surface area contributed by atoms with Crippen molar-refractivity contribution in [2.75, 3.05) is 25.2 Å². The molecule has 2 heterocycles. The van der Waals surface area contributed by atoms with Gasteiger partial charge in [0, 0.05) is 25.5 Å². The van der Waals surface area contributed by atoms with Crippen molar-refractivity contribution in [1.29, 1.82) is 0 Å². The SMILES string of the molecule is O=C(c1cnc(NCc2ccc(Cl)c(Cl)c2)nc1)N1CCCOC1. The third kappa shape index (κ3) is 4.14. The lowest BCUT2D eigenvalue weighted by molar-refractivity contribution is -0.00575. The first kappa shape index (κ1) is 17.0. The van der Waals surface area contributed by atoms with Gasteiger partial charge in [0.25, 0.3) is 5.91 Å². The van der Waals surface area contributed by atoms with Crippen LogP contribution in [0.25, 0.3) is 0 Å². The summed E-state index contributed by atoms with van der Waals surface area (Å²) in [4.78, 5) is 22.3. The predicted molar refractivity (Wildman–Crippen MR) is 92.3 cm³/mol. The van der Waals surface area contributed by atoms with Gasteiger partial charge in [-0.3, -0.25) is 4.79 Å². The average molecular weight is 367 g/mol. The van der Waals surface area contributed by atoms with Gasteiger partial charge in [-0.15, -0.1) is 0 Å². The summed E-state index contributed by atoms with van der Waals surface area (Å²) in [5.41, 5.74) is 1.40. The Morgan fingerprint density at radius 3 is 2.71 bits per heavy atom. The summed E-state index contributed by atoms with van der Waals surface area (Å²) >= 11 is 11.9. The molecule has 6 nitrogen and oxygen atoms in total. The van der Waals surface area contributed by atoms with Gasteiger partial charge in [-0.05, 0) is 24.1 Å². The predicted octanol–water partition coefficient (Wildman–Crippen LogP) is 3.22. The summed E-state index contributed by atoms with van der Waals surface area (Å²) in [6.45, 7) is 2.20. The van der Waals surface area contributed by atoms with Crippen LogP contribution in [0.15, 0.2) is 30.6 Å². The van der Waals surface area contributed by atoms with Crippen LogP contribution < -0.4 is 5.32 Å². The van der Waals surface area contributed by atoms with Crippen molar-refractivity contribution in [2.45, 2.75) is 13.0 Å². The Bertz CT molecular complexity index is 719. The van der Waals surface area contributed by atoms with Crippen LogP contribution in [0.4, 0.5) is 5.95 Å². The zero-order valence-electron chi connectivity index (χ0n) is 12.8. The monoisotopic (exact) mass is 366 g/mol. The fourth-order valence-corrected chi connectivity index (χ4v) is 2.62. The van der Waals surface area contributed by atoms with E-state index in [0.717, 1.165) is 12.0 Å². The van der Waals surface area contributed by atoms with Crippen LogP contribution in [0.5, 0.6) is 0 Å². The van der Waals surface area contributed by atoms with E-state index in [4.69, 9.17) is 27.9 Å². The molecule has 3 rings (SSSR count). The van der Waals surface area contributed by atoms with Crippen LogP contribution in [0.3, 0.4) is 0 Å². The Kier molecular flexibility index (Phi) is 5.50. The van der Waals surface area contributed by atoms with Gasteiger partial charge in [0.05, 0.1) is 22.2 Å². The Balaban J connectivity index is 1.59. The first-order valence-corrected chi connectivity index (χ1v) is 8.26. The average Bonchev–Trinajstić information content (AvgIpc) is 2.63. The van der Waals surface area contributed by atoms with Gasteiger partial charge in [0.1, 0.15) is 6.73 Å². The first-order chi connectivity index (χ1) is 11.6. The van der Waals surface area contributed by atoms with E-state index < -0.39 is 0 Å². The smallest absolute Gasteiger partial charge is 0.258 e. The quantitative estimate of drug-likeness (QED) is 0.899. The van der Waals surface area contributed by atoms with Crippen molar-refractivity contribution in [3.8, 4) is 0 Å². The van der Waals surface area contributed by atoms with Gasteiger partial charge in [-0.1, -0.05) is 29.3 Å². The van der Waals surface area contributed by atoms with E-state index in [1.807, 2.05) is 6.07 Å². The lowest BCUT2D eigenvalue weighted by atomic mass is 10.2. The number of halogens is 2. The molecule has 1 aromatic carbocycles. The molecule has 1 aliphatic rings. The number of benzene rings is 1. The first-order valence-electron chi connectivity index (χ1n) is 7.50. The molecular formula is C16H16Cl2N4O2. The minimum Gasteiger partial charge on any atom is -0.361 e. The summed E-state index contributed by atoms with van der Waals surface area (Å²) < 4.78 is 5.29. The summed E-state index contributed by atoms with van der Waals surface area (Å²) in [5.74, 6) is 0.318. The molecule has 126 valence electrons. The number of hydrogen-bond donors (Lipinski definition) is 1. The summed E-state index contributed by atoms with van der Waals surface area (Å²) in [6, 6.07) is 5.39. The number of hydrogen-bond acceptors (Lipinski definition) is 5. The molecule has 1 aliphatic heterocycles.